The zero-order chi connectivity index (χ0) is 15.9. The van der Waals surface area contributed by atoms with E-state index in [1.165, 1.54) is 6.07 Å². The molecule has 0 atom stereocenters. The lowest BCUT2D eigenvalue weighted by molar-refractivity contribution is -0.385. The van der Waals surface area contributed by atoms with Crippen LogP contribution in [-0.2, 0) is 0 Å². The topological polar surface area (TPSA) is 68.9 Å². The first-order valence-corrected chi connectivity index (χ1v) is 7.11. The van der Waals surface area contributed by atoms with Crippen LogP contribution >= 0.6 is 23.2 Å². The Morgan fingerprint density at radius 2 is 1.82 bits per heavy atom. The molecule has 0 fully saturated rings. The lowest BCUT2D eigenvalue weighted by atomic mass is 10.1. The Morgan fingerprint density at radius 3 is 2.50 bits per heavy atom. The highest BCUT2D eigenvalue weighted by molar-refractivity contribution is 6.35. The first-order valence-electron chi connectivity index (χ1n) is 6.35. The van der Waals surface area contributed by atoms with E-state index >= 15 is 0 Å². The molecule has 7 heteroatoms. The molecule has 2 aromatic carbocycles. The van der Waals surface area contributed by atoms with Gasteiger partial charge in [0.2, 0.25) is 0 Å². The minimum absolute atomic E-state index is 0.0107. The normalized spacial score (nSPS) is 10.9. The molecule has 3 aromatic rings. The van der Waals surface area contributed by atoms with E-state index in [1.807, 2.05) is 12.1 Å². The number of benzene rings is 2. The molecule has 1 aromatic heterocycles. The first kappa shape index (κ1) is 14.7. The van der Waals surface area contributed by atoms with Gasteiger partial charge in [-0.25, -0.2) is 9.97 Å². The van der Waals surface area contributed by atoms with Crippen molar-refractivity contribution in [3.05, 3.63) is 62.3 Å². The smallest absolute Gasteiger partial charge is 0.258 e. The van der Waals surface area contributed by atoms with Crippen LogP contribution < -0.4 is 0 Å². The van der Waals surface area contributed by atoms with E-state index in [9.17, 15) is 10.1 Å². The molecule has 0 saturated heterocycles. The van der Waals surface area contributed by atoms with Crippen LogP contribution in [0.5, 0.6) is 0 Å². The molecular weight excluding hydrogens is 325 g/mol. The number of fused-ring (bicyclic) bond motifs is 1. The first-order chi connectivity index (χ1) is 10.5. The summed E-state index contributed by atoms with van der Waals surface area (Å²) in [6.45, 7) is 1.63. The van der Waals surface area contributed by atoms with E-state index in [0.29, 0.717) is 32.9 Å². The molecule has 0 amide bonds. The van der Waals surface area contributed by atoms with Crippen molar-refractivity contribution in [3.63, 3.8) is 0 Å². The standard InChI is InChI=1S/C15H9Cl2N3O2/c1-8-12(20(21)22)7-6-11-13(8)14(17)19-15(18-11)9-4-2-3-5-10(9)16/h2-7H,1H3. The summed E-state index contributed by atoms with van der Waals surface area (Å²) in [6.07, 6.45) is 0. The molecule has 3 rings (SSSR count). The molecule has 0 unspecified atom stereocenters. The predicted octanol–water partition coefficient (Wildman–Crippen LogP) is 4.82. The van der Waals surface area contributed by atoms with Gasteiger partial charge in [-0.3, -0.25) is 10.1 Å². The quantitative estimate of drug-likeness (QED) is 0.383. The van der Waals surface area contributed by atoms with Gasteiger partial charge in [-0.1, -0.05) is 35.3 Å². The summed E-state index contributed by atoms with van der Waals surface area (Å²) in [7, 11) is 0. The van der Waals surface area contributed by atoms with E-state index in [0.717, 1.165) is 0 Å². The number of aromatic nitrogens is 2. The number of halogens is 2. The summed E-state index contributed by atoms with van der Waals surface area (Å²) >= 11 is 12.4. The van der Waals surface area contributed by atoms with Crippen molar-refractivity contribution in [1.29, 1.82) is 0 Å². The third-order valence-corrected chi connectivity index (χ3v) is 3.97. The minimum Gasteiger partial charge on any atom is -0.258 e. The van der Waals surface area contributed by atoms with Gasteiger partial charge in [0.05, 0.1) is 15.5 Å². The molecule has 0 radical (unpaired) electrons. The molecule has 0 aliphatic heterocycles. The fraction of sp³-hybridized carbons (Fsp3) is 0.0667. The SMILES string of the molecule is Cc1c([N+](=O)[O-])ccc2nc(-c3ccccc3Cl)nc(Cl)c12. The average molecular weight is 334 g/mol. The van der Waals surface area contributed by atoms with Crippen molar-refractivity contribution in [1.82, 2.24) is 9.97 Å². The second kappa shape index (κ2) is 5.51. The molecule has 0 bridgehead atoms. The van der Waals surface area contributed by atoms with Gasteiger partial charge in [0.1, 0.15) is 5.15 Å². The van der Waals surface area contributed by atoms with Crippen LogP contribution in [-0.4, -0.2) is 14.9 Å². The van der Waals surface area contributed by atoms with Gasteiger partial charge in [0, 0.05) is 22.6 Å². The molecule has 0 aliphatic carbocycles. The number of nitro benzene ring substituents is 1. The third kappa shape index (κ3) is 2.38. The predicted molar refractivity (Wildman–Crippen MR) is 86.4 cm³/mol. The maximum absolute atomic E-state index is 11.0. The molecule has 1 heterocycles. The molecule has 5 nitrogen and oxygen atoms in total. The van der Waals surface area contributed by atoms with Crippen molar-refractivity contribution in [3.8, 4) is 11.4 Å². The summed E-state index contributed by atoms with van der Waals surface area (Å²) < 4.78 is 0. The number of hydrogen-bond donors (Lipinski definition) is 0. The second-order valence-corrected chi connectivity index (χ2v) is 5.44. The van der Waals surface area contributed by atoms with E-state index in [2.05, 4.69) is 9.97 Å². The Bertz CT molecular complexity index is 913. The minimum atomic E-state index is -0.451. The summed E-state index contributed by atoms with van der Waals surface area (Å²) in [6, 6.07) is 10.1. The lowest BCUT2D eigenvalue weighted by Gasteiger charge is -2.08. The van der Waals surface area contributed by atoms with Crippen molar-refractivity contribution in [2.75, 3.05) is 0 Å². The van der Waals surface area contributed by atoms with Crippen molar-refractivity contribution < 1.29 is 4.92 Å². The molecule has 0 aliphatic rings. The Kier molecular flexibility index (Phi) is 3.68. The lowest BCUT2D eigenvalue weighted by Crippen LogP contribution is -1.97. The average Bonchev–Trinajstić information content (AvgIpc) is 2.47. The van der Waals surface area contributed by atoms with Crippen LogP contribution in [0, 0.1) is 17.0 Å². The van der Waals surface area contributed by atoms with Crippen molar-refractivity contribution in [2.24, 2.45) is 0 Å². The monoisotopic (exact) mass is 333 g/mol. The zero-order valence-corrected chi connectivity index (χ0v) is 12.9. The van der Waals surface area contributed by atoms with Gasteiger partial charge >= 0.3 is 0 Å². The van der Waals surface area contributed by atoms with Crippen LogP contribution in [0.3, 0.4) is 0 Å². The number of hydrogen-bond acceptors (Lipinski definition) is 4. The maximum Gasteiger partial charge on any atom is 0.273 e. The Morgan fingerprint density at radius 1 is 1.09 bits per heavy atom. The second-order valence-electron chi connectivity index (χ2n) is 4.68. The van der Waals surface area contributed by atoms with Crippen LogP contribution in [0.15, 0.2) is 36.4 Å². The molecular formula is C15H9Cl2N3O2. The maximum atomic E-state index is 11.0. The molecule has 0 saturated carbocycles. The Balaban J connectivity index is 2.29. The van der Waals surface area contributed by atoms with Crippen LogP contribution in [0.4, 0.5) is 5.69 Å². The van der Waals surface area contributed by atoms with Crippen molar-refractivity contribution in [2.45, 2.75) is 6.92 Å². The molecule has 22 heavy (non-hydrogen) atoms. The highest BCUT2D eigenvalue weighted by Crippen LogP contribution is 2.33. The highest BCUT2D eigenvalue weighted by Gasteiger charge is 2.18. The number of nitrogens with zero attached hydrogens (tertiary/aromatic N) is 3. The van der Waals surface area contributed by atoms with E-state index in [1.54, 1.807) is 25.1 Å². The van der Waals surface area contributed by atoms with Gasteiger partial charge in [0.25, 0.3) is 5.69 Å². The van der Waals surface area contributed by atoms with Gasteiger partial charge in [-0.15, -0.1) is 0 Å². The van der Waals surface area contributed by atoms with Gasteiger partial charge < -0.3 is 0 Å². The Hall–Kier alpha value is -2.24. The summed E-state index contributed by atoms with van der Waals surface area (Å²) in [4.78, 5) is 19.2. The third-order valence-electron chi connectivity index (χ3n) is 3.36. The van der Waals surface area contributed by atoms with Crippen LogP contribution in [0.1, 0.15) is 5.56 Å². The fourth-order valence-corrected chi connectivity index (χ4v) is 2.83. The van der Waals surface area contributed by atoms with Gasteiger partial charge in [-0.05, 0) is 25.1 Å². The number of nitro groups is 1. The molecule has 0 N–H and O–H groups in total. The fourth-order valence-electron chi connectivity index (χ4n) is 2.29. The summed E-state index contributed by atoms with van der Waals surface area (Å²) in [5.41, 5.74) is 1.63. The van der Waals surface area contributed by atoms with Crippen LogP contribution in [0.25, 0.3) is 22.3 Å². The van der Waals surface area contributed by atoms with E-state index < -0.39 is 4.92 Å². The zero-order valence-electron chi connectivity index (χ0n) is 11.4. The van der Waals surface area contributed by atoms with Crippen molar-refractivity contribution >= 4 is 39.8 Å². The number of aryl methyl sites for hydroxylation is 1. The van der Waals surface area contributed by atoms with E-state index in [4.69, 9.17) is 23.2 Å². The molecule has 0 spiro atoms. The van der Waals surface area contributed by atoms with Gasteiger partial charge in [-0.2, -0.15) is 0 Å². The van der Waals surface area contributed by atoms with Crippen LogP contribution in [0.2, 0.25) is 10.2 Å². The largest absolute Gasteiger partial charge is 0.273 e. The van der Waals surface area contributed by atoms with E-state index in [-0.39, 0.29) is 10.8 Å². The summed E-state index contributed by atoms with van der Waals surface area (Å²) in [5.74, 6) is 0.386. The highest BCUT2D eigenvalue weighted by atomic mass is 35.5. The van der Waals surface area contributed by atoms with Gasteiger partial charge in [0.15, 0.2) is 5.82 Å². The summed E-state index contributed by atoms with van der Waals surface area (Å²) in [5, 5.41) is 12.2. The number of rotatable bonds is 2. The molecule has 110 valence electrons. The Labute approximate surface area is 135 Å².